The molecule has 0 saturated heterocycles. The highest BCUT2D eigenvalue weighted by Gasteiger charge is 2.22. The Labute approximate surface area is 136 Å². The molecule has 10 nitrogen and oxygen atoms in total. The lowest BCUT2D eigenvalue weighted by Crippen LogP contribution is -2.27. The number of halogens is 1. The molecule has 0 saturated carbocycles. The van der Waals surface area contributed by atoms with Crippen LogP contribution in [-0.4, -0.2) is 36.6 Å². The smallest absolute Gasteiger partial charge is 0.271 e. The molecule has 0 bridgehead atoms. The van der Waals surface area contributed by atoms with Crippen molar-refractivity contribution in [3.05, 3.63) is 39.2 Å². The van der Waals surface area contributed by atoms with E-state index in [4.69, 9.17) is 0 Å². The molecule has 0 aromatic carbocycles. The van der Waals surface area contributed by atoms with Crippen molar-refractivity contribution in [2.24, 2.45) is 12.1 Å². The minimum absolute atomic E-state index is 0.163. The first-order chi connectivity index (χ1) is 11.2. The molecule has 0 spiro atoms. The molecule has 0 fully saturated rings. The van der Waals surface area contributed by atoms with Gasteiger partial charge in [0.1, 0.15) is 17.9 Å². The number of nitrogens with one attached hydrogen (secondary N) is 1. The zero-order valence-corrected chi connectivity index (χ0v) is 13.5. The lowest BCUT2D eigenvalue weighted by Gasteiger charge is -2.09. The third-order valence-electron chi connectivity index (χ3n) is 3.43. The first-order valence-electron chi connectivity index (χ1n) is 6.94. The molecule has 0 aliphatic rings. The monoisotopic (exact) mass is 337 g/mol. The van der Waals surface area contributed by atoms with Crippen molar-refractivity contribution >= 4 is 17.8 Å². The van der Waals surface area contributed by atoms with Crippen LogP contribution in [-0.2, 0) is 11.8 Å². The molecule has 0 aliphatic carbocycles. The van der Waals surface area contributed by atoms with Gasteiger partial charge in [0.05, 0.1) is 22.4 Å². The second kappa shape index (κ2) is 6.56. The van der Waals surface area contributed by atoms with Gasteiger partial charge in [-0.15, -0.1) is 0 Å². The molecule has 1 amide bonds. The third-order valence-corrected chi connectivity index (χ3v) is 3.43. The summed E-state index contributed by atoms with van der Waals surface area (Å²) in [6, 6.07) is -0.825. The Kier molecular flexibility index (Phi) is 4.71. The highest BCUT2D eigenvalue weighted by molar-refractivity contribution is 5.84. The summed E-state index contributed by atoms with van der Waals surface area (Å²) in [5, 5.41) is 22.3. The Balaban J connectivity index is 2.08. The highest BCUT2D eigenvalue weighted by atomic mass is 19.1. The van der Waals surface area contributed by atoms with Crippen LogP contribution < -0.4 is 5.43 Å². The lowest BCUT2D eigenvalue weighted by atomic mass is 10.3. The van der Waals surface area contributed by atoms with Crippen LogP contribution >= 0.6 is 0 Å². The molecule has 2 aromatic rings. The maximum absolute atomic E-state index is 13.7. The van der Waals surface area contributed by atoms with E-state index in [1.165, 1.54) is 31.8 Å². The average molecular weight is 337 g/mol. The molecule has 2 aromatic heterocycles. The van der Waals surface area contributed by atoms with E-state index in [1.807, 2.05) is 0 Å². The van der Waals surface area contributed by atoms with Gasteiger partial charge in [0.15, 0.2) is 0 Å². The van der Waals surface area contributed by atoms with Gasteiger partial charge >= 0.3 is 5.69 Å². The van der Waals surface area contributed by atoms with Gasteiger partial charge in [-0.05, 0) is 20.8 Å². The Hall–Kier alpha value is -3.11. The van der Waals surface area contributed by atoms with E-state index in [0.29, 0.717) is 5.69 Å². The Morgan fingerprint density at radius 1 is 1.46 bits per heavy atom. The number of hydrogen-bond donors (Lipinski definition) is 1. The van der Waals surface area contributed by atoms with E-state index < -0.39 is 22.8 Å². The predicted molar refractivity (Wildman–Crippen MR) is 82.0 cm³/mol. The number of hydrazone groups is 1. The SMILES string of the molecule is Cc1nn(C(C)C(=O)NN=Cc2c(C)nn(C)c2F)cc1[N+](=O)[O-]. The molecule has 128 valence electrons. The van der Waals surface area contributed by atoms with Gasteiger partial charge in [-0.2, -0.15) is 19.7 Å². The number of aromatic nitrogens is 4. The largest absolute Gasteiger partial charge is 0.309 e. The molecule has 0 radical (unpaired) electrons. The maximum Gasteiger partial charge on any atom is 0.309 e. The van der Waals surface area contributed by atoms with Crippen LogP contribution in [0, 0.1) is 29.9 Å². The third kappa shape index (κ3) is 3.29. The summed E-state index contributed by atoms with van der Waals surface area (Å²) in [4.78, 5) is 22.3. The average Bonchev–Trinajstić information content (AvgIpc) is 3.01. The topological polar surface area (TPSA) is 120 Å². The van der Waals surface area contributed by atoms with E-state index >= 15 is 0 Å². The van der Waals surface area contributed by atoms with Crippen molar-refractivity contribution in [3.8, 4) is 0 Å². The van der Waals surface area contributed by atoms with Crippen LogP contribution in [0.2, 0.25) is 0 Å². The summed E-state index contributed by atoms with van der Waals surface area (Å²) in [5.74, 6) is -1.12. The number of carbonyl (C=O) groups is 1. The van der Waals surface area contributed by atoms with Crippen molar-refractivity contribution in [1.29, 1.82) is 0 Å². The summed E-state index contributed by atoms with van der Waals surface area (Å²) < 4.78 is 15.9. The van der Waals surface area contributed by atoms with Crippen LogP contribution in [0.1, 0.15) is 29.9 Å². The zero-order chi connectivity index (χ0) is 18.0. The lowest BCUT2D eigenvalue weighted by molar-refractivity contribution is -0.385. The fraction of sp³-hybridized carbons (Fsp3) is 0.385. The van der Waals surface area contributed by atoms with Crippen molar-refractivity contribution in [2.75, 3.05) is 0 Å². The molecule has 2 rings (SSSR count). The summed E-state index contributed by atoms with van der Waals surface area (Å²) in [5.41, 5.74) is 2.87. The first-order valence-corrected chi connectivity index (χ1v) is 6.94. The van der Waals surface area contributed by atoms with Crippen molar-refractivity contribution in [2.45, 2.75) is 26.8 Å². The summed E-state index contributed by atoms with van der Waals surface area (Å²) >= 11 is 0. The van der Waals surface area contributed by atoms with Crippen molar-refractivity contribution < 1.29 is 14.1 Å². The van der Waals surface area contributed by atoms with Crippen LogP contribution in [0.5, 0.6) is 0 Å². The van der Waals surface area contributed by atoms with Crippen LogP contribution in [0.15, 0.2) is 11.3 Å². The van der Waals surface area contributed by atoms with Gasteiger partial charge in [0.25, 0.3) is 5.91 Å². The fourth-order valence-corrected chi connectivity index (χ4v) is 2.02. The predicted octanol–water partition coefficient (Wildman–Crippen LogP) is 0.992. The number of nitro groups is 1. The molecule has 1 atom stereocenters. The van der Waals surface area contributed by atoms with E-state index in [-0.39, 0.29) is 16.9 Å². The summed E-state index contributed by atoms with van der Waals surface area (Å²) in [6.07, 6.45) is 2.33. The second-order valence-corrected chi connectivity index (χ2v) is 5.16. The fourth-order valence-electron chi connectivity index (χ4n) is 2.02. The number of rotatable bonds is 5. The molecular formula is C13H16FN7O3. The Bertz CT molecular complexity index is 824. The molecule has 1 unspecified atom stereocenters. The first kappa shape index (κ1) is 17.2. The second-order valence-electron chi connectivity index (χ2n) is 5.16. The number of hydrogen-bond acceptors (Lipinski definition) is 6. The van der Waals surface area contributed by atoms with E-state index in [1.54, 1.807) is 6.92 Å². The van der Waals surface area contributed by atoms with Gasteiger partial charge in [0, 0.05) is 7.05 Å². The molecule has 0 aliphatic heterocycles. The minimum atomic E-state index is -0.825. The van der Waals surface area contributed by atoms with E-state index in [0.717, 1.165) is 10.9 Å². The van der Waals surface area contributed by atoms with Crippen molar-refractivity contribution in [1.82, 2.24) is 25.0 Å². The number of carbonyl (C=O) groups excluding carboxylic acids is 1. The molecule has 11 heteroatoms. The molecule has 2 heterocycles. The minimum Gasteiger partial charge on any atom is -0.271 e. The normalized spacial score (nSPS) is 12.5. The summed E-state index contributed by atoms with van der Waals surface area (Å²) in [7, 11) is 1.45. The Morgan fingerprint density at radius 3 is 2.62 bits per heavy atom. The maximum atomic E-state index is 13.7. The van der Waals surface area contributed by atoms with E-state index in [9.17, 15) is 19.3 Å². The van der Waals surface area contributed by atoms with Crippen molar-refractivity contribution in [3.63, 3.8) is 0 Å². The van der Waals surface area contributed by atoms with Gasteiger partial charge in [-0.1, -0.05) is 0 Å². The highest BCUT2D eigenvalue weighted by Crippen LogP contribution is 2.18. The number of nitrogens with zero attached hydrogens (tertiary/aromatic N) is 6. The van der Waals surface area contributed by atoms with Gasteiger partial charge in [0.2, 0.25) is 5.95 Å². The number of amides is 1. The van der Waals surface area contributed by atoms with Gasteiger partial charge < -0.3 is 0 Å². The quantitative estimate of drug-likeness (QED) is 0.495. The zero-order valence-electron chi connectivity index (χ0n) is 13.5. The summed E-state index contributed by atoms with van der Waals surface area (Å²) in [6.45, 7) is 4.60. The van der Waals surface area contributed by atoms with Crippen LogP contribution in [0.3, 0.4) is 0 Å². The molecule has 24 heavy (non-hydrogen) atoms. The van der Waals surface area contributed by atoms with Gasteiger partial charge in [-0.25, -0.2) is 10.1 Å². The van der Waals surface area contributed by atoms with Gasteiger partial charge in [-0.3, -0.25) is 19.6 Å². The number of aryl methyl sites for hydroxylation is 3. The van der Waals surface area contributed by atoms with Crippen LogP contribution in [0.25, 0.3) is 0 Å². The van der Waals surface area contributed by atoms with E-state index in [2.05, 4.69) is 20.7 Å². The Morgan fingerprint density at radius 2 is 2.12 bits per heavy atom. The molecule has 1 N–H and O–H groups in total. The molecular weight excluding hydrogens is 321 g/mol. The van der Waals surface area contributed by atoms with Crippen LogP contribution in [0.4, 0.5) is 10.1 Å². The standard InChI is InChI=1S/C13H16FN7O3/c1-7-10(12(14)19(4)17-7)5-15-16-13(22)9(3)20-6-11(21(23)24)8(2)18-20/h5-6,9H,1-4H3,(H,16,22).